The molecule has 2 atom stereocenters. The van der Waals surface area contributed by atoms with Gasteiger partial charge in [0.25, 0.3) is 5.91 Å². The Morgan fingerprint density at radius 1 is 1.24 bits per heavy atom. The highest BCUT2D eigenvalue weighted by atomic mass is 16.2. The van der Waals surface area contributed by atoms with Crippen LogP contribution in [0.1, 0.15) is 29.8 Å². The molecule has 2 heteroatoms. The van der Waals surface area contributed by atoms with Crippen molar-refractivity contribution in [3.05, 3.63) is 35.4 Å². The maximum Gasteiger partial charge on any atom is 0.253 e. The van der Waals surface area contributed by atoms with Crippen LogP contribution in [0.3, 0.4) is 0 Å². The molecule has 1 saturated heterocycles. The van der Waals surface area contributed by atoms with Crippen LogP contribution in [0.2, 0.25) is 0 Å². The van der Waals surface area contributed by atoms with Crippen molar-refractivity contribution < 1.29 is 4.79 Å². The fourth-order valence-electron chi connectivity index (χ4n) is 3.05. The van der Waals surface area contributed by atoms with Gasteiger partial charge in [-0.2, -0.15) is 0 Å². The van der Waals surface area contributed by atoms with Crippen molar-refractivity contribution in [2.45, 2.75) is 20.3 Å². The van der Waals surface area contributed by atoms with Crippen molar-refractivity contribution in [1.29, 1.82) is 0 Å². The zero-order valence-electron chi connectivity index (χ0n) is 10.5. The molecule has 0 aromatic heterocycles. The van der Waals surface area contributed by atoms with Crippen LogP contribution < -0.4 is 0 Å². The van der Waals surface area contributed by atoms with Gasteiger partial charge in [0.05, 0.1) is 0 Å². The van der Waals surface area contributed by atoms with Crippen LogP contribution in [0.4, 0.5) is 0 Å². The third kappa shape index (κ3) is 1.76. The Hall–Kier alpha value is -1.31. The number of nitrogens with zero attached hydrogens (tertiary/aromatic N) is 1. The number of amides is 1. The normalized spacial score (nSPS) is 30.2. The Morgan fingerprint density at radius 3 is 2.35 bits per heavy atom. The number of likely N-dealkylation sites (tertiary alicyclic amines) is 1. The van der Waals surface area contributed by atoms with Crippen LogP contribution in [-0.4, -0.2) is 23.9 Å². The molecule has 2 fully saturated rings. The summed E-state index contributed by atoms with van der Waals surface area (Å²) in [5.41, 5.74) is 2.13. The summed E-state index contributed by atoms with van der Waals surface area (Å²) in [5.74, 6) is 2.64. The molecule has 1 saturated carbocycles. The van der Waals surface area contributed by atoms with Gasteiger partial charge in [-0.25, -0.2) is 0 Å². The van der Waals surface area contributed by atoms with Gasteiger partial charge >= 0.3 is 0 Å². The Bertz CT molecular complexity index is 425. The number of piperidine rings is 1. The van der Waals surface area contributed by atoms with Crippen molar-refractivity contribution >= 4 is 5.91 Å². The van der Waals surface area contributed by atoms with Gasteiger partial charge < -0.3 is 4.90 Å². The summed E-state index contributed by atoms with van der Waals surface area (Å²) in [6.07, 6.45) is 1.03. The van der Waals surface area contributed by atoms with E-state index in [2.05, 4.69) is 26.0 Å². The van der Waals surface area contributed by atoms with E-state index in [-0.39, 0.29) is 5.91 Å². The first-order chi connectivity index (χ1) is 8.20. The van der Waals surface area contributed by atoms with Gasteiger partial charge in [0.1, 0.15) is 0 Å². The molecule has 1 heterocycles. The summed E-state index contributed by atoms with van der Waals surface area (Å²) >= 11 is 0. The molecular formula is C15H19NO. The molecule has 2 nitrogen and oxygen atoms in total. The molecule has 1 aliphatic heterocycles. The zero-order valence-corrected chi connectivity index (χ0v) is 10.5. The first kappa shape index (κ1) is 10.8. The van der Waals surface area contributed by atoms with E-state index in [1.54, 1.807) is 0 Å². The number of carbonyl (C=O) groups is 1. The molecule has 90 valence electrons. The molecular weight excluding hydrogens is 210 g/mol. The predicted octanol–water partition coefficient (Wildman–Crippen LogP) is 2.59. The molecule has 3 rings (SSSR count). The maximum atomic E-state index is 12.2. The third-order valence-electron chi connectivity index (χ3n) is 4.52. The molecule has 1 aromatic rings. The second kappa shape index (κ2) is 3.86. The third-order valence-corrected chi connectivity index (χ3v) is 4.52. The SMILES string of the molecule is CCc1ccc(C(=O)N2CC3C(C)C3C2)cc1. The first-order valence-electron chi connectivity index (χ1n) is 6.59. The van der Waals surface area contributed by atoms with E-state index >= 15 is 0 Å². The lowest BCUT2D eigenvalue weighted by molar-refractivity contribution is 0.0769. The standard InChI is InChI=1S/C15H19NO/c1-3-11-4-6-12(7-5-11)15(17)16-8-13-10(2)14(13)9-16/h4-7,10,13-14H,3,8-9H2,1-2H3. The smallest absolute Gasteiger partial charge is 0.253 e. The van der Waals surface area contributed by atoms with E-state index < -0.39 is 0 Å². The van der Waals surface area contributed by atoms with Gasteiger partial charge in [-0.15, -0.1) is 0 Å². The van der Waals surface area contributed by atoms with Gasteiger partial charge in [0.15, 0.2) is 0 Å². The van der Waals surface area contributed by atoms with Crippen molar-refractivity contribution in [2.24, 2.45) is 17.8 Å². The monoisotopic (exact) mass is 229 g/mol. The molecule has 1 aromatic carbocycles. The highest BCUT2D eigenvalue weighted by Gasteiger charge is 2.53. The summed E-state index contributed by atoms with van der Waals surface area (Å²) in [4.78, 5) is 14.3. The quantitative estimate of drug-likeness (QED) is 0.763. The first-order valence-corrected chi connectivity index (χ1v) is 6.59. The molecule has 2 aliphatic rings. The van der Waals surface area contributed by atoms with Crippen LogP contribution in [0, 0.1) is 17.8 Å². The lowest BCUT2D eigenvalue weighted by atomic mass is 10.1. The lowest BCUT2D eigenvalue weighted by Crippen LogP contribution is -2.31. The summed E-state index contributed by atoms with van der Waals surface area (Å²) in [5, 5.41) is 0. The number of fused-ring (bicyclic) bond motifs is 1. The molecule has 0 spiro atoms. The Balaban J connectivity index is 1.70. The van der Waals surface area contributed by atoms with Gasteiger partial charge in [-0.1, -0.05) is 26.0 Å². The highest BCUT2D eigenvalue weighted by molar-refractivity contribution is 5.94. The maximum absolute atomic E-state index is 12.2. The fourth-order valence-corrected chi connectivity index (χ4v) is 3.05. The largest absolute Gasteiger partial charge is 0.338 e. The van der Waals surface area contributed by atoms with Gasteiger partial charge in [-0.3, -0.25) is 4.79 Å². The summed E-state index contributed by atoms with van der Waals surface area (Å²) < 4.78 is 0. The molecule has 1 amide bonds. The van der Waals surface area contributed by atoms with E-state index in [4.69, 9.17) is 0 Å². The van der Waals surface area contributed by atoms with Gasteiger partial charge in [-0.05, 0) is 41.9 Å². The van der Waals surface area contributed by atoms with Gasteiger partial charge in [0.2, 0.25) is 0 Å². The summed E-state index contributed by atoms with van der Waals surface area (Å²) in [7, 11) is 0. The summed E-state index contributed by atoms with van der Waals surface area (Å²) in [6.45, 7) is 6.37. The number of carbonyl (C=O) groups excluding carboxylic acids is 1. The molecule has 0 N–H and O–H groups in total. The minimum atomic E-state index is 0.215. The van der Waals surface area contributed by atoms with E-state index in [1.165, 1.54) is 5.56 Å². The van der Waals surface area contributed by atoms with Gasteiger partial charge in [0, 0.05) is 18.7 Å². The minimum Gasteiger partial charge on any atom is -0.338 e. The van der Waals surface area contributed by atoms with Crippen molar-refractivity contribution in [2.75, 3.05) is 13.1 Å². The second-order valence-corrected chi connectivity index (χ2v) is 5.45. The molecule has 1 aliphatic carbocycles. The van der Waals surface area contributed by atoms with Crippen molar-refractivity contribution in [1.82, 2.24) is 4.90 Å². The van der Waals surface area contributed by atoms with Crippen LogP contribution in [0.15, 0.2) is 24.3 Å². The Kier molecular flexibility index (Phi) is 2.46. The number of benzene rings is 1. The number of aryl methyl sites for hydroxylation is 1. The van der Waals surface area contributed by atoms with E-state index in [9.17, 15) is 4.79 Å². The van der Waals surface area contributed by atoms with Crippen LogP contribution >= 0.6 is 0 Å². The molecule has 0 bridgehead atoms. The molecule has 0 radical (unpaired) electrons. The molecule has 17 heavy (non-hydrogen) atoms. The van der Waals surface area contributed by atoms with Crippen LogP contribution in [-0.2, 0) is 6.42 Å². The predicted molar refractivity (Wildman–Crippen MR) is 67.9 cm³/mol. The highest BCUT2D eigenvalue weighted by Crippen LogP contribution is 2.51. The molecule has 2 unspecified atom stereocenters. The zero-order chi connectivity index (χ0) is 12.0. The fraction of sp³-hybridized carbons (Fsp3) is 0.533. The lowest BCUT2D eigenvalue weighted by Gasteiger charge is -2.19. The van der Waals surface area contributed by atoms with E-state index in [1.807, 2.05) is 17.0 Å². The topological polar surface area (TPSA) is 20.3 Å². The number of hydrogen-bond acceptors (Lipinski definition) is 1. The van der Waals surface area contributed by atoms with Crippen LogP contribution in [0.5, 0.6) is 0 Å². The Labute approximate surface area is 103 Å². The minimum absolute atomic E-state index is 0.215. The van der Waals surface area contributed by atoms with Crippen LogP contribution in [0.25, 0.3) is 0 Å². The summed E-state index contributed by atoms with van der Waals surface area (Å²) in [6, 6.07) is 8.06. The Morgan fingerprint density at radius 2 is 1.82 bits per heavy atom. The second-order valence-electron chi connectivity index (χ2n) is 5.45. The number of hydrogen-bond donors (Lipinski definition) is 0. The number of rotatable bonds is 2. The average Bonchev–Trinajstić information content (AvgIpc) is 2.82. The van der Waals surface area contributed by atoms with Crippen molar-refractivity contribution in [3.63, 3.8) is 0 Å². The van der Waals surface area contributed by atoms with E-state index in [0.29, 0.717) is 0 Å². The average molecular weight is 229 g/mol. The van der Waals surface area contributed by atoms with Crippen molar-refractivity contribution in [3.8, 4) is 0 Å². The van der Waals surface area contributed by atoms with E-state index in [0.717, 1.165) is 42.8 Å².